The average Bonchev–Trinajstić information content (AvgIpc) is 2.72. The topological polar surface area (TPSA) is 66.8 Å². The lowest BCUT2D eigenvalue weighted by Crippen LogP contribution is -2.37. The van der Waals surface area contributed by atoms with Crippen molar-refractivity contribution in [3.8, 4) is 0 Å². The molecule has 1 atom stereocenters. The molecular formula is C13H15NO4. The molecule has 0 aliphatic carbocycles. The number of carboxylic acid groups (broad SMARTS) is 1. The molecular weight excluding hydrogens is 234 g/mol. The number of ketones is 1. The first-order valence-electron chi connectivity index (χ1n) is 5.80. The standard InChI is InChI=1S/C13H15NO4/c15-12-6-11(14(7-12)13(16)17)9-18-8-10-4-2-1-3-5-10/h1-5,11H,6-9H2,(H,16,17). The van der Waals surface area contributed by atoms with Crippen molar-refractivity contribution < 1.29 is 19.4 Å². The average molecular weight is 249 g/mol. The first-order valence-corrected chi connectivity index (χ1v) is 5.80. The van der Waals surface area contributed by atoms with Crippen molar-refractivity contribution in [3.63, 3.8) is 0 Å². The van der Waals surface area contributed by atoms with Crippen molar-refractivity contribution >= 4 is 11.9 Å². The van der Waals surface area contributed by atoms with Gasteiger partial charge in [-0.3, -0.25) is 9.69 Å². The molecule has 1 heterocycles. The van der Waals surface area contributed by atoms with Crippen LogP contribution < -0.4 is 0 Å². The van der Waals surface area contributed by atoms with Crippen molar-refractivity contribution in [2.75, 3.05) is 13.2 Å². The summed E-state index contributed by atoms with van der Waals surface area (Å²) in [4.78, 5) is 23.3. The van der Waals surface area contributed by atoms with Gasteiger partial charge >= 0.3 is 6.09 Å². The minimum Gasteiger partial charge on any atom is -0.465 e. The number of Topliss-reactive ketones (excluding diaryl/α,β-unsaturated/α-hetero) is 1. The molecule has 2 rings (SSSR count). The van der Waals surface area contributed by atoms with Gasteiger partial charge in [0.15, 0.2) is 5.78 Å². The number of nitrogens with zero attached hydrogens (tertiary/aromatic N) is 1. The lowest BCUT2D eigenvalue weighted by molar-refractivity contribution is -0.116. The maximum Gasteiger partial charge on any atom is 0.408 e. The molecule has 0 bridgehead atoms. The van der Waals surface area contributed by atoms with E-state index in [1.54, 1.807) is 0 Å². The molecule has 1 unspecified atom stereocenters. The normalized spacial score (nSPS) is 19.2. The zero-order chi connectivity index (χ0) is 13.0. The van der Waals surface area contributed by atoms with Gasteiger partial charge in [0, 0.05) is 6.42 Å². The first kappa shape index (κ1) is 12.6. The Bertz CT molecular complexity index is 432. The van der Waals surface area contributed by atoms with Crippen molar-refractivity contribution in [1.82, 2.24) is 4.90 Å². The molecule has 96 valence electrons. The number of benzene rings is 1. The van der Waals surface area contributed by atoms with Crippen LogP contribution in [0.4, 0.5) is 4.79 Å². The highest BCUT2D eigenvalue weighted by atomic mass is 16.5. The summed E-state index contributed by atoms with van der Waals surface area (Å²) in [5, 5.41) is 8.94. The van der Waals surface area contributed by atoms with Crippen LogP contribution in [0.2, 0.25) is 0 Å². The second kappa shape index (κ2) is 5.64. The van der Waals surface area contributed by atoms with E-state index in [2.05, 4.69) is 0 Å². The highest BCUT2D eigenvalue weighted by Gasteiger charge is 2.33. The van der Waals surface area contributed by atoms with Crippen molar-refractivity contribution in [1.29, 1.82) is 0 Å². The van der Waals surface area contributed by atoms with Gasteiger partial charge in [-0.2, -0.15) is 0 Å². The monoisotopic (exact) mass is 249 g/mol. The maximum absolute atomic E-state index is 11.2. The van der Waals surface area contributed by atoms with Gasteiger partial charge in [-0.25, -0.2) is 4.79 Å². The van der Waals surface area contributed by atoms with Gasteiger partial charge in [-0.1, -0.05) is 30.3 Å². The number of hydrogen-bond donors (Lipinski definition) is 1. The van der Waals surface area contributed by atoms with Crippen LogP contribution in [0.5, 0.6) is 0 Å². The van der Waals surface area contributed by atoms with Crippen LogP contribution in [0.15, 0.2) is 30.3 Å². The number of rotatable bonds is 4. The Labute approximate surface area is 105 Å². The molecule has 5 heteroatoms. The molecule has 1 amide bonds. The Kier molecular flexibility index (Phi) is 3.94. The summed E-state index contributed by atoms with van der Waals surface area (Å²) >= 11 is 0. The van der Waals surface area contributed by atoms with E-state index in [1.165, 1.54) is 0 Å². The summed E-state index contributed by atoms with van der Waals surface area (Å²) in [7, 11) is 0. The third kappa shape index (κ3) is 3.07. The van der Waals surface area contributed by atoms with E-state index >= 15 is 0 Å². The van der Waals surface area contributed by atoms with E-state index in [9.17, 15) is 9.59 Å². The van der Waals surface area contributed by atoms with E-state index in [4.69, 9.17) is 9.84 Å². The fourth-order valence-electron chi connectivity index (χ4n) is 2.02. The van der Waals surface area contributed by atoms with Gasteiger partial charge in [0.1, 0.15) is 0 Å². The van der Waals surface area contributed by atoms with Gasteiger partial charge in [-0.15, -0.1) is 0 Å². The predicted molar refractivity (Wildman–Crippen MR) is 64.2 cm³/mol. The highest BCUT2D eigenvalue weighted by Crippen LogP contribution is 2.15. The molecule has 0 aromatic heterocycles. The number of amides is 1. The van der Waals surface area contributed by atoms with Crippen molar-refractivity contribution in [2.24, 2.45) is 0 Å². The van der Waals surface area contributed by atoms with E-state index < -0.39 is 6.09 Å². The van der Waals surface area contributed by atoms with E-state index in [0.717, 1.165) is 10.5 Å². The maximum atomic E-state index is 11.2. The lowest BCUT2D eigenvalue weighted by atomic mass is 10.2. The minimum atomic E-state index is -1.06. The molecule has 0 radical (unpaired) electrons. The zero-order valence-corrected chi connectivity index (χ0v) is 9.91. The fourth-order valence-corrected chi connectivity index (χ4v) is 2.02. The largest absolute Gasteiger partial charge is 0.465 e. The van der Waals surface area contributed by atoms with Crippen LogP contribution in [0.3, 0.4) is 0 Å². The molecule has 1 aromatic carbocycles. The van der Waals surface area contributed by atoms with Crippen LogP contribution in [0.25, 0.3) is 0 Å². The van der Waals surface area contributed by atoms with Crippen LogP contribution in [0, 0.1) is 0 Å². The Morgan fingerprint density at radius 3 is 2.78 bits per heavy atom. The third-order valence-electron chi connectivity index (χ3n) is 2.92. The summed E-state index contributed by atoms with van der Waals surface area (Å²) in [6.45, 7) is 0.667. The number of hydrogen-bond acceptors (Lipinski definition) is 3. The SMILES string of the molecule is O=C1CC(COCc2ccccc2)N(C(=O)O)C1. The molecule has 18 heavy (non-hydrogen) atoms. The molecule has 5 nitrogen and oxygen atoms in total. The van der Waals surface area contributed by atoms with E-state index in [1.807, 2.05) is 30.3 Å². The van der Waals surface area contributed by atoms with Gasteiger partial charge < -0.3 is 9.84 Å². The number of carbonyl (C=O) groups excluding carboxylic acids is 1. The quantitative estimate of drug-likeness (QED) is 0.878. The molecule has 0 saturated carbocycles. The second-order valence-corrected chi connectivity index (χ2v) is 4.31. The molecule has 1 N–H and O–H groups in total. The first-order chi connectivity index (χ1) is 8.66. The summed E-state index contributed by atoms with van der Waals surface area (Å²) in [6, 6.07) is 9.29. The molecule has 1 fully saturated rings. The van der Waals surface area contributed by atoms with E-state index in [0.29, 0.717) is 6.61 Å². The Balaban J connectivity index is 1.83. The Morgan fingerprint density at radius 1 is 1.39 bits per heavy atom. The van der Waals surface area contributed by atoms with Gasteiger partial charge in [0.25, 0.3) is 0 Å². The van der Waals surface area contributed by atoms with Crippen LogP contribution in [-0.4, -0.2) is 41.1 Å². The van der Waals surface area contributed by atoms with E-state index in [-0.39, 0.29) is 31.4 Å². The van der Waals surface area contributed by atoms with Crippen LogP contribution in [-0.2, 0) is 16.1 Å². The minimum absolute atomic E-state index is 0.0191. The molecule has 1 aliphatic rings. The fraction of sp³-hybridized carbons (Fsp3) is 0.385. The smallest absolute Gasteiger partial charge is 0.408 e. The summed E-state index contributed by atoms with van der Waals surface area (Å²) in [5.74, 6) is -0.0503. The second-order valence-electron chi connectivity index (χ2n) is 4.31. The van der Waals surface area contributed by atoms with Crippen LogP contribution >= 0.6 is 0 Å². The van der Waals surface area contributed by atoms with Crippen LogP contribution in [0.1, 0.15) is 12.0 Å². The molecule has 0 spiro atoms. The van der Waals surface area contributed by atoms with Crippen molar-refractivity contribution in [3.05, 3.63) is 35.9 Å². The van der Waals surface area contributed by atoms with Gasteiger partial charge in [0.05, 0.1) is 25.8 Å². The van der Waals surface area contributed by atoms with Crippen molar-refractivity contribution in [2.45, 2.75) is 19.1 Å². The lowest BCUT2D eigenvalue weighted by Gasteiger charge is -2.20. The summed E-state index contributed by atoms with van der Waals surface area (Å²) in [5.41, 5.74) is 1.03. The number of likely N-dealkylation sites (tertiary alicyclic amines) is 1. The molecule has 1 saturated heterocycles. The summed E-state index contributed by atoms with van der Waals surface area (Å²) < 4.78 is 5.48. The number of ether oxygens (including phenoxy) is 1. The highest BCUT2D eigenvalue weighted by molar-refractivity contribution is 5.87. The van der Waals surface area contributed by atoms with Gasteiger partial charge in [0.2, 0.25) is 0 Å². The number of carbonyl (C=O) groups is 2. The van der Waals surface area contributed by atoms with Gasteiger partial charge in [-0.05, 0) is 5.56 Å². The predicted octanol–water partition coefficient (Wildman–Crippen LogP) is 1.52. The Hall–Kier alpha value is -1.88. The third-order valence-corrected chi connectivity index (χ3v) is 2.92. The zero-order valence-electron chi connectivity index (χ0n) is 9.91. The molecule has 1 aliphatic heterocycles. The summed E-state index contributed by atoms with van der Waals surface area (Å²) in [6.07, 6.45) is -0.810. The Morgan fingerprint density at radius 2 is 2.11 bits per heavy atom. The molecule has 1 aromatic rings.